The van der Waals surface area contributed by atoms with E-state index in [-0.39, 0.29) is 0 Å². The zero-order valence-corrected chi connectivity index (χ0v) is 11.0. The first-order chi connectivity index (χ1) is 8.72. The van der Waals surface area contributed by atoms with E-state index >= 15 is 0 Å². The van der Waals surface area contributed by atoms with E-state index in [1.807, 2.05) is 30.3 Å². The molecule has 0 bridgehead atoms. The second-order valence-corrected chi connectivity index (χ2v) is 4.29. The van der Waals surface area contributed by atoms with Gasteiger partial charge in [-0.1, -0.05) is 30.4 Å². The molecule has 0 aliphatic rings. The molecule has 1 aromatic carbocycles. The number of thiocarbonyl (C=S) groups is 1. The molecule has 0 saturated heterocycles. The SMILES string of the molecule is CCN(c1ccccc1)c1ccc(C(N)=S)nc1. The van der Waals surface area contributed by atoms with Gasteiger partial charge in [-0.3, -0.25) is 4.98 Å². The Hall–Kier alpha value is -1.94. The third kappa shape index (κ3) is 2.65. The monoisotopic (exact) mass is 257 g/mol. The maximum absolute atomic E-state index is 5.54. The summed E-state index contributed by atoms with van der Waals surface area (Å²) in [4.78, 5) is 6.77. The van der Waals surface area contributed by atoms with Crippen molar-refractivity contribution in [3.05, 3.63) is 54.4 Å². The van der Waals surface area contributed by atoms with E-state index in [1.54, 1.807) is 6.20 Å². The minimum Gasteiger partial charge on any atom is -0.388 e. The molecule has 4 heteroatoms. The average molecular weight is 257 g/mol. The predicted octanol–water partition coefficient (Wildman–Crippen LogP) is 2.87. The van der Waals surface area contributed by atoms with E-state index in [4.69, 9.17) is 18.0 Å². The first-order valence-electron chi connectivity index (χ1n) is 5.81. The first kappa shape index (κ1) is 12.5. The minimum absolute atomic E-state index is 0.323. The van der Waals surface area contributed by atoms with E-state index in [1.165, 1.54) is 0 Å². The predicted molar refractivity (Wildman–Crippen MR) is 79.2 cm³/mol. The van der Waals surface area contributed by atoms with Gasteiger partial charge in [0.05, 0.1) is 17.6 Å². The fourth-order valence-electron chi connectivity index (χ4n) is 1.81. The standard InChI is InChI=1S/C14H15N3S/c1-2-17(11-6-4-3-5-7-11)12-8-9-13(14(15)18)16-10-12/h3-10H,2H2,1H3,(H2,15,18). The number of benzene rings is 1. The van der Waals surface area contributed by atoms with Crippen molar-refractivity contribution in [3.63, 3.8) is 0 Å². The molecule has 18 heavy (non-hydrogen) atoms. The van der Waals surface area contributed by atoms with Crippen LogP contribution >= 0.6 is 12.2 Å². The summed E-state index contributed by atoms with van der Waals surface area (Å²) in [5, 5.41) is 0. The van der Waals surface area contributed by atoms with Gasteiger partial charge in [-0.15, -0.1) is 0 Å². The summed E-state index contributed by atoms with van der Waals surface area (Å²) in [6, 6.07) is 14.0. The smallest absolute Gasteiger partial charge is 0.122 e. The Kier molecular flexibility index (Phi) is 3.89. The van der Waals surface area contributed by atoms with Gasteiger partial charge < -0.3 is 10.6 Å². The zero-order chi connectivity index (χ0) is 13.0. The van der Waals surface area contributed by atoms with Crippen LogP contribution in [-0.4, -0.2) is 16.5 Å². The Balaban J connectivity index is 2.31. The van der Waals surface area contributed by atoms with Crippen LogP contribution < -0.4 is 10.6 Å². The lowest BCUT2D eigenvalue weighted by atomic mass is 10.2. The number of para-hydroxylation sites is 1. The van der Waals surface area contributed by atoms with Crippen LogP contribution in [0.1, 0.15) is 12.6 Å². The van der Waals surface area contributed by atoms with E-state index < -0.39 is 0 Å². The summed E-state index contributed by atoms with van der Waals surface area (Å²) in [6.45, 7) is 2.98. The highest BCUT2D eigenvalue weighted by Crippen LogP contribution is 2.23. The molecule has 2 aromatic rings. The summed E-state index contributed by atoms with van der Waals surface area (Å²) in [7, 11) is 0. The molecule has 1 heterocycles. The van der Waals surface area contributed by atoms with Crippen molar-refractivity contribution in [2.24, 2.45) is 5.73 Å². The molecular weight excluding hydrogens is 242 g/mol. The first-order valence-corrected chi connectivity index (χ1v) is 6.21. The molecule has 0 aliphatic carbocycles. The van der Waals surface area contributed by atoms with Gasteiger partial charge >= 0.3 is 0 Å². The normalized spacial score (nSPS) is 10.1. The third-order valence-corrected chi connectivity index (χ3v) is 2.91. The lowest BCUT2D eigenvalue weighted by Crippen LogP contribution is -2.17. The second kappa shape index (κ2) is 5.60. The van der Waals surface area contributed by atoms with Crippen LogP contribution in [0.3, 0.4) is 0 Å². The molecular formula is C14H15N3S. The maximum atomic E-state index is 5.54. The molecule has 1 aromatic heterocycles. The van der Waals surface area contributed by atoms with Crippen molar-refractivity contribution in [2.45, 2.75) is 6.92 Å². The zero-order valence-electron chi connectivity index (χ0n) is 10.2. The van der Waals surface area contributed by atoms with Gasteiger partial charge in [0.1, 0.15) is 4.99 Å². The number of nitrogens with two attached hydrogens (primary N) is 1. The van der Waals surface area contributed by atoms with Gasteiger partial charge in [0.2, 0.25) is 0 Å². The van der Waals surface area contributed by atoms with Crippen LogP contribution in [0.5, 0.6) is 0 Å². The van der Waals surface area contributed by atoms with Gasteiger partial charge in [0, 0.05) is 12.2 Å². The lowest BCUT2D eigenvalue weighted by molar-refractivity contribution is 1.01. The molecule has 0 spiro atoms. The largest absolute Gasteiger partial charge is 0.388 e. The molecule has 0 saturated carbocycles. The summed E-state index contributed by atoms with van der Waals surface area (Å²) < 4.78 is 0. The molecule has 2 N–H and O–H groups in total. The topological polar surface area (TPSA) is 42.1 Å². The second-order valence-electron chi connectivity index (χ2n) is 3.85. The Morgan fingerprint density at radius 3 is 2.39 bits per heavy atom. The Bertz CT molecular complexity index is 522. The molecule has 0 atom stereocenters. The average Bonchev–Trinajstić information content (AvgIpc) is 2.41. The van der Waals surface area contributed by atoms with E-state index in [2.05, 4.69) is 28.9 Å². The van der Waals surface area contributed by atoms with E-state index in [0.717, 1.165) is 17.9 Å². The molecule has 3 nitrogen and oxygen atoms in total. The number of anilines is 2. The van der Waals surface area contributed by atoms with E-state index in [9.17, 15) is 0 Å². The Morgan fingerprint density at radius 2 is 1.89 bits per heavy atom. The van der Waals surface area contributed by atoms with Crippen molar-refractivity contribution < 1.29 is 0 Å². The van der Waals surface area contributed by atoms with Gasteiger partial charge in [0.15, 0.2) is 0 Å². The number of hydrogen-bond acceptors (Lipinski definition) is 3. The summed E-state index contributed by atoms with van der Waals surface area (Å²) >= 11 is 4.89. The van der Waals surface area contributed by atoms with Gasteiger partial charge in [-0.05, 0) is 31.2 Å². The molecule has 0 fully saturated rings. The highest BCUT2D eigenvalue weighted by Gasteiger charge is 2.07. The summed E-state index contributed by atoms with van der Waals surface area (Å²) in [6.07, 6.45) is 1.80. The molecule has 92 valence electrons. The van der Waals surface area contributed by atoms with Crippen molar-refractivity contribution in [1.82, 2.24) is 4.98 Å². The van der Waals surface area contributed by atoms with Crippen LogP contribution in [0.2, 0.25) is 0 Å². The van der Waals surface area contributed by atoms with Gasteiger partial charge in [-0.2, -0.15) is 0 Å². The molecule has 0 amide bonds. The number of rotatable bonds is 4. The Labute approximate surface area is 112 Å². The number of hydrogen-bond donors (Lipinski definition) is 1. The minimum atomic E-state index is 0.323. The van der Waals surface area contributed by atoms with Crippen LogP contribution in [0.15, 0.2) is 48.7 Å². The fraction of sp³-hybridized carbons (Fsp3) is 0.143. The highest BCUT2D eigenvalue weighted by atomic mass is 32.1. The molecule has 0 unspecified atom stereocenters. The number of aromatic nitrogens is 1. The lowest BCUT2D eigenvalue weighted by Gasteiger charge is -2.22. The van der Waals surface area contributed by atoms with Crippen molar-refractivity contribution >= 4 is 28.6 Å². The summed E-state index contributed by atoms with van der Waals surface area (Å²) in [5.41, 5.74) is 8.36. The van der Waals surface area contributed by atoms with E-state index in [0.29, 0.717) is 10.7 Å². The molecule has 2 rings (SSSR count). The van der Waals surface area contributed by atoms with Crippen LogP contribution in [0.25, 0.3) is 0 Å². The highest BCUT2D eigenvalue weighted by molar-refractivity contribution is 7.80. The third-order valence-electron chi connectivity index (χ3n) is 2.70. The quantitative estimate of drug-likeness (QED) is 0.855. The molecule has 0 radical (unpaired) electrons. The van der Waals surface area contributed by atoms with Crippen LogP contribution in [0.4, 0.5) is 11.4 Å². The van der Waals surface area contributed by atoms with Crippen molar-refractivity contribution in [2.75, 3.05) is 11.4 Å². The van der Waals surface area contributed by atoms with Crippen LogP contribution in [0, 0.1) is 0 Å². The fourth-order valence-corrected chi connectivity index (χ4v) is 1.93. The van der Waals surface area contributed by atoms with Crippen molar-refractivity contribution in [1.29, 1.82) is 0 Å². The Morgan fingerprint density at radius 1 is 1.17 bits per heavy atom. The number of nitrogens with zero attached hydrogens (tertiary/aromatic N) is 2. The van der Waals surface area contributed by atoms with Gasteiger partial charge in [-0.25, -0.2) is 0 Å². The summed E-state index contributed by atoms with van der Waals surface area (Å²) in [5.74, 6) is 0. The molecule has 0 aliphatic heterocycles. The van der Waals surface area contributed by atoms with Gasteiger partial charge in [0.25, 0.3) is 0 Å². The number of pyridine rings is 1. The maximum Gasteiger partial charge on any atom is 0.122 e. The van der Waals surface area contributed by atoms with Crippen molar-refractivity contribution in [3.8, 4) is 0 Å². The van der Waals surface area contributed by atoms with Crippen LogP contribution in [-0.2, 0) is 0 Å².